The minimum Gasteiger partial charge on any atom is -0.438 e. The molecule has 4 nitrogen and oxygen atoms in total. The van der Waals surface area contributed by atoms with Gasteiger partial charge in [-0.3, -0.25) is 4.79 Å². The highest BCUT2D eigenvalue weighted by Crippen LogP contribution is 2.14. The molecule has 0 bridgehead atoms. The molecular formula is C12H11ClN2O2. The Morgan fingerprint density at radius 1 is 1.47 bits per heavy atom. The lowest BCUT2D eigenvalue weighted by atomic mass is 10.2. The molecule has 0 spiro atoms. The van der Waals surface area contributed by atoms with Gasteiger partial charge in [-0.15, -0.1) is 0 Å². The molecule has 1 aromatic carbocycles. The third kappa shape index (κ3) is 2.85. The van der Waals surface area contributed by atoms with Crippen molar-refractivity contribution in [3.8, 4) is 0 Å². The number of hydrogen-bond acceptors (Lipinski definition) is 3. The Morgan fingerprint density at radius 2 is 2.24 bits per heavy atom. The molecule has 5 heteroatoms. The summed E-state index contributed by atoms with van der Waals surface area (Å²) in [6.45, 7) is 2.08. The van der Waals surface area contributed by atoms with E-state index in [1.807, 2.05) is 18.2 Å². The minimum atomic E-state index is -0.349. The van der Waals surface area contributed by atoms with Crippen molar-refractivity contribution >= 4 is 17.5 Å². The van der Waals surface area contributed by atoms with Gasteiger partial charge in [-0.1, -0.05) is 29.8 Å². The second-order valence-corrected chi connectivity index (χ2v) is 3.96. The zero-order valence-corrected chi connectivity index (χ0v) is 9.99. The Morgan fingerprint density at radius 3 is 2.88 bits per heavy atom. The second kappa shape index (κ2) is 5.01. The van der Waals surface area contributed by atoms with E-state index in [2.05, 4.69) is 10.3 Å². The van der Waals surface area contributed by atoms with Crippen LogP contribution in [0.2, 0.25) is 5.02 Å². The van der Waals surface area contributed by atoms with Crippen LogP contribution < -0.4 is 5.32 Å². The van der Waals surface area contributed by atoms with Crippen LogP contribution in [0.1, 0.15) is 22.0 Å². The smallest absolute Gasteiger partial charge is 0.307 e. The first-order valence-corrected chi connectivity index (χ1v) is 5.48. The van der Waals surface area contributed by atoms with Gasteiger partial charge in [0.25, 0.3) is 5.89 Å². The molecule has 0 saturated carbocycles. The number of oxazole rings is 1. The third-order valence-electron chi connectivity index (χ3n) is 2.21. The fourth-order valence-electron chi connectivity index (χ4n) is 1.35. The predicted octanol–water partition coefficient (Wildman–Crippen LogP) is 2.57. The van der Waals surface area contributed by atoms with Gasteiger partial charge in [-0.05, 0) is 18.6 Å². The normalized spacial score (nSPS) is 10.2. The topological polar surface area (TPSA) is 55.1 Å². The standard InChI is InChI=1S/C12H11ClN2O2/c1-8-6-15-12(17-8)11(16)14-7-9-4-2-3-5-10(9)13/h2-6H,7H2,1H3,(H,14,16). The third-order valence-corrected chi connectivity index (χ3v) is 2.58. The Balaban J connectivity index is 1.99. The van der Waals surface area contributed by atoms with Crippen LogP contribution in [0.4, 0.5) is 0 Å². The molecule has 0 fully saturated rings. The molecule has 0 aliphatic carbocycles. The van der Waals surface area contributed by atoms with Gasteiger partial charge in [-0.2, -0.15) is 0 Å². The summed E-state index contributed by atoms with van der Waals surface area (Å²) in [5.41, 5.74) is 0.853. The first-order valence-electron chi connectivity index (χ1n) is 5.11. The van der Waals surface area contributed by atoms with Gasteiger partial charge in [-0.25, -0.2) is 4.98 Å². The first-order chi connectivity index (χ1) is 8.16. The van der Waals surface area contributed by atoms with Crippen LogP contribution in [0, 0.1) is 6.92 Å². The maximum Gasteiger partial charge on any atom is 0.307 e. The van der Waals surface area contributed by atoms with Crippen molar-refractivity contribution in [3.05, 3.63) is 52.7 Å². The molecule has 2 aromatic rings. The largest absolute Gasteiger partial charge is 0.438 e. The van der Waals surface area contributed by atoms with E-state index in [0.717, 1.165) is 5.56 Å². The number of carbonyl (C=O) groups excluding carboxylic acids is 1. The molecule has 1 N–H and O–H groups in total. The summed E-state index contributed by atoms with van der Waals surface area (Å²) in [5, 5.41) is 3.31. The molecule has 1 aromatic heterocycles. The summed E-state index contributed by atoms with van der Waals surface area (Å²) in [5.74, 6) is 0.320. The second-order valence-electron chi connectivity index (χ2n) is 3.55. The quantitative estimate of drug-likeness (QED) is 0.911. The lowest BCUT2D eigenvalue weighted by Crippen LogP contribution is -2.23. The fraction of sp³-hybridized carbons (Fsp3) is 0.167. The van der Waals surface area contributed by atoms with Crippen molar-refractivity contribution in [2.75, 3.05) is 0 Å². The number of hydrogen-bond donors (Lipinski definition) is 1. The summed E-state index contributed by atoms with van der Waals surface area (Å²) in [6, 6.07) is 7.33. The summed E-state index contributed by atoms with van der Waals surface area (Å²) < 4.78 is 5.11. The van der Waals surface area contributed by atoms with Crippen molar-refractivity contribution < 1.29 is 9.21 Å². The van der Waals surface area contributed by atoms with Gasteiger partial charge in [0.15, 0.2) is 0 Å². The van der Waals surface area contributed by atoms with Crippen LogP contribution in [0.3, 0.4) is 0 Å². The molecule has 17 heavy (non-hydrogen) atoms. The van der Waals surface area contributed by atoms with Gasteiger partial charge in [0.2, 0.25) is 0 Å². The number of carbonyl (C=O) groups is 1. The van der Waals surface area contributed by atoms with Crippen molar-refractivity contribution in [1.29, 1.82) is 0 Å². The molecule has 88 valence electrons. The highest BCUT2D eigenvalue weighted by Gasteiger charge is 2.11. The van der Waals surface area contributed by atoms with Crippen LogP contribution >= 0.6 is 11.6 Å². The van der Waals surface area contributed by atoms with E-state index in [-0.39, 0.29) is 11.8 Å². The van der Waals surface area contributed by atoms with Crippen LogP contribution in [0.25, 0.3) is 0 Å². The zero-order chi connectivity index (χ0) is 12.3. The highest BCUT2D eigenvalue weighted by molar-refractivity contribution is 6.31. The average Bonchev–Trinajstić information content (AvgIpc) is 2.74. The van der Waals surface area contributed by atoms with E-state index in [0.29, 0.717) is 17.3 Å². The molecule has 1 heterocycles. The van der Waals surface area contributed by atoms with E-state index < -0.39 is 0 Å². The Labute approximate surface area is 104 Å². The van der Waals surface area contributed by atoms with E-state index in [1.54, 1.807) is 13.0 Å². The van der Waals surface area contributed by atoms with Crippen LogP contribution in [-0.2, 0) is 6.54 Å². The molecular weight excluding hydrogens is 240 g/mol. The summed E-state index contributed by atoms with van der Waals surface area (Å²) in [4.78, 5) is 15.5. The van der Waals surface area contributed by atoms with Crippen molar-refractivity contribution in [2.24, 2.45) is 0 Å². The van der Waals surface area contributed by atoms with Gasteiger partial charge in [0, 0.05) is 11.6 Å². The Bertz CT molecular complexity index is 537. The number of nitrogens with one attached hydrogen (secondary N) is 1. The maximum absolute atomic E-state index is 11.6. The molecule has 0 aliphatic rings. The van der Waals surface area contributed by atoms with Crippen LogP contribution in [-0.4, -0.2) is 10.9 Å². The van der Waals surface area contributed by atoms with Gasteiger partial charge < -0.3 is 9.73 Å². The number of benzene rings is 1. The molecule has 0 aliphatic heterocycles. The molecule has 0 saturated heterocycles. The van der Waals surface area contributed by atoms with E-state index in [4.69, 9.17) is 16.0 Å². The lowest BCUT2D eigenvalue weighted by molar-refractivity contribution is 0.0915. The van der Waals surface area contributed by atoms with E-state index >= 15 is 0 Å². The SMILES string of the molecule is Cc1cnc(C(=O)NCc2ccccc2Cl)o1. The van der Waals surface area contributed by atoms with Crippen LogP contribution in [0.15, 0.2) is 34.9 Å². The summed E-state index contributed by atoms with van der Waals surface area (Å²) in [6.07, 6.45) is 1.50. The predicted molar refractivity (Wildman–Crippen MR) is 63.9 cm³/mol. The zero-order valence-electron chi connectivity index (χ0n) is 9.24. The summed E-state index contributed by atoms with van der Waals surface area (Å²) in [7, 11) is 0. The minimum absolute atomic E-state index is 0.0644. The van der Waals surface area contributed by atoms with Gasteiger partial charge in [0.05, 0.1) is 6.20 Å². The van der Waals surface area contributed by atoms with E-state index in [9.17, 15) is 4.79 Å². The number of amides is 1. The number of aryl methyl sites for hydroxylation is 1. The fourth-order valence-corrected chi connectivity index (χ4v) is 1.56. The van der Waals surface area contributed by atoms with Crippen molar-refractivity contribution in [1.82, 2.24) is 10.3 Å². The number of halogens is 1. The van der Waals surface area contributed by atoms with Crippen molar-refractivity contribution in [3.63, 3.8) is 0 Å². The molecule has 0 radical (unpaired) electrons. The molecule has 0 unspecified atom stereocenters. The highest BCUT2D eigenvalue weighted by atomic mass is 35.5. The van der Waals surface area contributed by atoms with Crippen molar-refractivity contribution in [2.45, 2.75) is 13.5 Å². The average molecular weight is 251 g/mol. The number of nitrogens with zero attached hydrogens (tertiary/aromatic N) is 1. The molecule has 2 rings (SSSR count). The first kappa shape index (κ1) is 11.7. The van der Waals surface area contributed by atoms with E-state index in [1.165, 1.54) is 6.20 Å². The molecule has 0 atom stereocenters. The monoisotopic (exact) mass is 250 g/mol. The maximum atomic E-state index is 11.6. The Kier molecular flexibility index (Phi) is 3.44. The molecule has 1 amide bonds. The lowest BCUT2D eigenvalue weighted by Gasteiger charge is -2.04. The number of rotatable bonds is 3. The number of aromatic nitrogens is 1. The van der Waals surface area contributed by atoms with Crippen LogP contribution in [0.5, 0.6) is 0 Å². The van der Waals surface area contributed by atoms with Gasteiger partial charge in [0.1, 0.15) is 5.76 Å². The Hall–Kier alpha value is -1.81. The van der Waals surface area contributed by atoms with Gasteiger partial charge >= 0.3 is 5.91 Å². The summed E-state index contributed by atoms with van der Waals surface area (Å²) >= 11 is 5.97.